The van der Waals surface area contributed by atoms with Gasteiger partial charge < -0.3 is 15.4 Å². The van der Waals surface area contributed by atoms with Gasteiger partial charge in [-0.3, -0.25) is 4.79 Å². The van der Waals surface area contributed by atoms with Crippen LogP contribution in [0.1, 0.15) is 33.6 Å². The fourth-order valence-corrected chi connectivity index (χ4v) is 1.15. The highest BCUT2D eigenvalue weighted by molar-refractivity contribution is 7.80. The molecule has 2 amide bonds. The monoisotopic (exact) mass is 262 g/mol. The molecule has 0 aromatic rings. The van der Waals surface area contributed by atoms with Crippen molar-refractivity contribution < 1.29 is 14.3 Å². The maximum absolute atomic E-state index is 11.2. The lowest BCUT2D eigenvalue weighted by Gasteiger charge is -2.19. The number of carbonyl (C=O) groups excluding carboxylic acids is 2. The number of amides is 2. The number of alkyl carbamates (subject to hydrolysis) is 1. The standard InChI is InChI=1S/C11H22N2O3S/c1-11(2,3)16-10(15)13-6-4-5-9(14)12-7-8-17/h17H,4-8H2,1-3H3,(H,12,14)(H,13,15). The fourth-order valence-electron chi connectivity index (χ4n) is 1.04. The first-order chi connectivity index (χ1) is 7.85. The van der Waals surface area contributed by atoms with E-state index in [1.807, 2.05) is 0 Å². The van der Waals surface area contributed by atoms with Crippen molar-refractivity contribution >= 4 is 24.6 Å². The van der Waals surface area contributed by atoms with Crippen LogP contribution in [0.4, 0.5) is 4.79 Å². The molecule has 5 nitrogen and oxygen atoms in total. The highest BCUT2D eigenvalue weighted by Gasteiger charge is 2.15. The zero-order valence-corrected chi connectivity index (χ0v) is 11.6. The zero-order chi connectivity index (χ0) is 13.3. The van der Waals surface area contributed by atoms with Gasteiger partial charge in [0.1, 0.15) is 5.60 Å². The van der Waals surface area contributed by atoms with Crippen molar-refractivity contribution in [2.24, 2.45) is 0 Å². The lowest BCUT2D eigenvalue weighted by Crippen LogP contribution is -2.33. The topological polar surface area (TPSA) is 67.4 Å². The van der Waals surface area contributed by atoms with E-state index >= 15 is 0 Å². The third-order valence-corrected chi connectivity index (χ3v) is 1.91. The average molecular weight is 262 g/mol. The Kier molecular flexibility index (Phi) is 7.78. The van der Waals surface area contributed by atoms with E-state index in [9.17, 15) is 9.59 Å². The molecule has 0 saturated heterocycles. The minimum absolute atomic E-state index is 0.0231. The van der Waals surface area contributed by atoms with Gasteiger partial charge in [0, 0.05) is 25.3 Å². The van der Waals surface area contributed by atoms with E-state index in [0.29, 0.717) is 31.7 Å². The fraction of sp³-hybridized carbons (Fsp3) is 0.818. The van der Waals surface area contributed by atoms with Gasteiger partial charge in [-0.05, 0) is 27.2 Å². The van der Waals surface area contributed by atoms with E-state index in [1.54, 1.807) is 20.8 Å². The van der Waals surface area contributed by atoms with E-state index < -0.39 is 11.7 Å². The smallest absolute Gasteiger partial charge is 0.407 e. The first-order valence-corrected chi connectivity index (χ1v) is 6.33. The van der Waals surface area contributed by atoms with Crippen LogP contribution in [-0.4, -0.2) is 36.4 Å². The number of carbonyl (C=O) groups is 2. The molecule has 0 aliphatic carbocycles. The first kappa shape index (κ1) is 16.1. The molecule has 0 unspecified atom stereocenters. The van der Waals surface area contributed by atoms with Crippen LogP contribution in [0.15, 0.2) is 0 Å². The summed E-state index contributed by atoms with van der Waals surface area (Å²) >= 11 is 3.98. The van der Waals surface area contributed by atoms with Crippen molar-refractivity contribution in [1.29, 1.82) is 0 Å². The van der Waals surface area contributed by atoms with Gasteiger partial charge in [-0.15, -0.1) is 0 Å². The molecular formula is C11H22N2O3S. The van der Waals surface area contributed by atoms with Gasteiger partial charge >= 0.3 is 6.09 Å². The summed E-state index contributed by atoms with van der Waals surface area (Å²) in [5, 5.41) is 5.29. The molecule has 0 radical (unpaired) electrons. The van der Waals surface area contributed by atoms with Crippen molar-refractivity contribution in [3.8, 4) is 0 Å². The Bertz CT molecular complexity index is 252. The minimum Gasteiger partial charge on any atom is -0.444 e. The van der Waals surface area contributed by atoms with Crippen molar-refractivity contribution in [2.45, 2.75) is 39.2 Å². The molecule has 0 atom stereocenters. The van der Waals surface area contributed by atoms with E-state index in [2.05, 4.69) is 23.3 Å². The molecule has 100 valence electrons. The van der Waals surface area contributed by atoms with Crippen LogP contribution in [0.25, 0.3) is 0 Å². The number of rotatable bonds is 6. The molecule has 6 heteroatoms. The second-order valence-electron chi connectivity index (χ2n) is 4.61. The molecular weight excluding hydrogens is 240 g/mol. The van der Waals surface area contributed by atoms with E-state index in [-0.39, 0.29) is 5.91 Å². The minimum atomic E-state index is -0.492. The number of hydrogen-bond acceptors (Lipinski definition) is 4. The van der Waals surface area contributed by atoms with Crippen LogP contribution in [0.5, 0.6) is 0 Å². The molecule has 0 fully saturated rings. The Balaban J connectivity index is 3.51. The number of hydrogen-bond donors (Lipinski definition) is 3. The van der Waals surface area contributed by atoms with Crippen molar-refractivity contribution in [3.05, 3.63) is 0 Å². The van der Waals surface area contributed by atoms with E-state index in [0.717, 1.165) is 0 Å². The van der Waals surface area contributed by atoms with Crippen LogP contribution in [0, 0.1) is 0 Å². The van der Waals surface area contributed by atoms with Crippen LogP contribution < -0.4 is 10.6 Å². The summed E-state index contributed by atoms with van der Waals surface area (Å²) in [6.45, 7) is 6.41. The van der Waals surface area contributed by atoms with Crippen LogP contribution in [0.3, 0.4) is 0 Å². The lowest BCUT2D eigenvalue weighted by atomic mass is 10.2. The summed E-state index contributed by atoms with van der Waals surface area (Å²) in [4.78, 5) is 22.4. The summed E-state index contributed by atoms with van der Waals surface area (Å²) < 4.78 is 5.05. The molecule has 0 aromatic carbocycles. The molecule has 0 aliphatic heterocycles. The molecule has 0 saturated carbocycles. The average Bonchev–Trinajstić information content (AvgIpc) is 2.19. The molecule has 0 bridgehead atoms. The van der Waals surface area contributed by atoms with Gasteiger partial charge in [0.05, 0.1) is 0 Å². The van der Waals surface area contributed by atoms with Gasteiger partial charge in [0.25, 0.3) is 0 Å². The summed E-state index contributed by atoms with van der Waals surface area (Å²) in [6.07, 6.45) is 0.537. The largest absolute Gasteiger partial charge is 0.444 e. The molecule has 0 heterocycles. The highest BCUT2D eigenvalue weighted by Crippen LogP contribution is 2.06. The molecule has 2 N–H and O–H groups in total. The first-order valence-electron chi connectivity index (χ1n) is 5.69. The maximum atomic E-state index is 11.2. The predicted octanol–water partition coefficient (Wildman–Crippen LogP) is 1.34. The van der Waals surface area contributed by atoms with Gasteiger partial charge in [-0.1, -0.05) is 0 Å². The van der Waals surface area contributed by atoms with Crippen LogP contribution in [0.2, 0.25) is 0 Å². The third-order valence-electron chi connectivity index (χ3n) is 1.68. The Morgan fingerprint density at radius 3 is 2.35 bits per heavy atom. The number of nitrogens with one attached hydrogen (secondary N) is 2. The van der Waals surface area contributed by atoms with Crippen LogP contribution in [-0.2, 0) is 9.53 Å². The quantitative estimate of drug-likeness (QED) is 0.500. The van der Waals surface area contributed by atoms with E-state index in [4.69, 9.17) is 4.74 Å². The summed E-state index contributed by atoms with van der Waals surface area (Å²) in [6, 6.07) is 0. The molecule has 0 spiro atoms. The lowest BCUT2D eigenvalue weighted by molar-refractivity contribution is -0.121. The summed E-state index contributed by atoms with van der Waals surface area (Å²) in [5.41, 5.74) is -0.492. The molecule has 0 aromatic heterocycles. The third kappa shape index (κ3) is 11.4. The van der Waals surface area contributed by atoms with Gasteiger partial charge in [0.2, 0.25) is 5.91 Å². The van der Waals surface area contributed by atoms with E-state index in [1.165, 1.54) is 0 Å². The predicted molar refractivity (Wildman–Crippen MR) is 70.3 cm³/mol. The second kappa shape index (κ2) is 8.22. The zero-order valence-electron chi connectivity index (χ0n) is 10.7. The normalized spacial score (nSPS) is 10.8. The van der Waals surface area contributed by atoms with Gasteiger partial charge in [0.15, 0.2) is 0 Å². The Hall–Kier alpha value is -0.910. The van der Waals surface area contributed by atoms with Crippen molar-refractivity contribution in [2.75, 3.05) is 18.8 Å². The second-order valence-corrected chi connectivity index (χ2v) is 5.05. The number of ether oxygens (including phenoxy) is 1. The summed E-state index contributed by atoms with van der Waals surface area (Å²) in [5.74, 6) is 0.604. The molecule has 0 aliphatic rings. The summed E-state index contributed by atoms with van der Waals surface area (Å²) in [7, 11) is 0. The molecule has 0 rings (SSSR count). The maximum Gasteiger partial charge on any atom is 0.407 e. The van der Waals surface area contributed by atoms with Gasteiger partial charge in [-0.2, -0.15) is 12.6 Å². The van der Waals surface area contributed by atoms with Gasteiger partial charge in [-0.25, -0.2) is 4.79 Å². The van der Waals surface area contributed by atoms with Crippen molar-refractivity contribution in [1.82, 2.24) is 10.6 Å². The number of thiol groups is 1. The van der Waals surface area contributed by atoms with Crippen molar-refractivity contribution in [3.63, 3.8) is 0 Å². The van der Waals surface area contributed by atoms with Crippen LogP contribution >= 0.6 is 12.6 Å². The molecule has 17 heavy (non-hydrogen) atoms. The Morgan fingerprint density at radius 1 is 1.18 bits per heavy atom. The Morgan fingerprint density at radius 2 is 1.82 bits per heavy atom. The SMILES string of the molecule is CC(C)(C)OC(=O)NCCCC(=O)NCCS. The highest BCUT2D eigenvalue weighted by atomic mass is 32.1. The Labute approximate surface area is 108 Å².